The zero-order valence-electron chi connectivity index (χ0n) is 43.5. The SMILES string of the molecule is [C-]#[N+]c1cccc(-c2ccc3c(c2)c2cc(-c4cccc([N+]#[C-])c4)ccc2n3-c2ccc(-c3cc(C)cc(C)c3)cc2-c2c([N+]#[C-])cccc2-n2c3ccc(-c4cccc(C#N)c4)cc3c3cc(-c4cccc([N+]#[C-])c4)ccc32)c1. The van der Waals surface area contributed by atoms with Gasteiger partial charge in [-0.15, -0.1) is 0 Å². The van der Waals surface area contributed by atoms with E-state index in [4.69, 9.17) is 26.3 Å². The molecule has 0 N–H and O–H groups in total. The normalized spacial score (nSPS) is 11.1. The molecule has 0 fully saturated rings. The molecule has 13 rings (SSSR count). The van der Waals surface area contributed by atoms with E-state index in [1.54, 1.807) is 0 Å². The lowest BCUT2D eigenvalue weighted by atomic mass is 9.93. The van der Waals surface area contributed by atoms with Gasteiger partial charge in [-0.3, -0.25) is 0 Å². The minimum atomic E-state index is 0.485. The number of rotatable bonds is 8. The molecule has 370 valence electrons. The number of aryl methyl sites for hydroxylation is 2. The highest BCUT2D eigenvalue weighted by Gasteiger charge is 2.25. The molecule has 80 heavy (non-hydrogen) atoms. The molecule has 0 bridgehead atoms. The Hall–Kier alpha value is -11.5. The van der Waals surface area contributed by atoms with Crippen molar-refractivity contribution in [3.63, 3.8) is 0 Å². The first-order valence-electron chi connectivity index (χ1n) is 26.1. The molecule has 0 radical (unpaired) electrons. The van der Waals surface area contributed by atoms with Crippen LogP contribution in [0.3, 0.4) is 0 Å². The van der Waals surface area contributed by atoms with E-state index in [1.165, 1.54) is 0 Å². The van der Waals surface area contributed by atoms with Crippen LogP contribution in [0.5, 0.6) is 0 Å². The Kier molecular flexibility index (Phi) is 11.8. The van der Waals surface area contributed by atoms with Crippen LogP contribution in [0.25, 0.3) is 141 Å². The second-order valence-corrected chi connectivity index (χ2v) is 20.2. The maximum absolute atomic E-state index is 9.91. The predicted octanol–water partition coefficient (Wildman–Crippen LogP) is 20.6. The highest BCUT2D eigenvalue weighted by molar-refractivity contribution is 6.14. The van der Waals surface area contributed by atoms with Crippen LogP contribution in [0, 0.1) is 51.5 Å². The van der Waals surface area contributed by atoms with Crippen molar-refractivity contribution in [2.45, 2.75) is 13.8 Å². The Morgan fingerprint density at radius 2 is 0.725 bits per heavy atom. The molecule has 7 heteroatoms. The van der Waals surface area contributed by atoms with Crippen molar-refractivity contribution in [3.05, 3.63) is 287 Å². The predicted molar refractivity (Wildman–Crippen MR) is 327 cm³/mol. The summed E-state index contributed by atoms with van der Waals surface area (Å²) in [5.74, 6) is 0. The van der Waals surface area contributed by atoms with Gasteiger partial charge in [0.25, 0.3) is 0 Å². The largest absolute Gasteiger partial charge is 0.310 e. The summed E-state index contributed by atoms with van der Waals surface area (Å²) in [6.45, 7) is 36.6. The molecule has 0 aliphatic carbocycles. The molecule has 0 spiro atoms. The quantitative estimate of drug-likeness (QED) is 0.140. The average Bonchev–Trinajstić information content (AvgIpc) is 4.21. The summed E-state index contributed by atoms with van der Waals surface area (Å²) in [6, 6.07) is 78.3. The lowest BCUT2D eigenvalue weighted by Gasteiger charge is -2.21. The van der Waals surface area contributed by atoms with Crippen molar-refractivity contribution >= 4 is 66.4 Å². The van der Waals surface area contributed by atoms with Gasteiger partial charge in [-0.05, 0) is 172 Å². The summed E-state index contributed by atoms with van der Waals surface area (Å²) in [6.07, 6.45) is 0. The van der Waals surface area contributed by atoms with Crippen LogP contribution in [0.15, 0.2) is 224 Å². The molecule has 7 nitrogen and oxygen atoms in total. The van der Waals surface area contributed by atoms with Crippen LogP contribution < -0.4 is 0 Å². The summed E-state index contributed by atoms with van der Waals surface area (Å²) in [5, 5.41) is 13.9. The van der Waals surface area contributed by atoms with Gasteiger partial charge in [-0.2, -0.15) is 5.26 Å². The fraction of sp³-hybridized carbons (Fsp3) is 0.0274. The van der Waals surface area contributed by atoms with E-state index >= 15 is 0 Å². The second kappa shape index (κ2) is 19.6. The highest BCUT2D eigenvalue weighted by Crippen LogP contribution is 2.48. The number of benzene rings is 11. The topological polar surface area (TPSA) is 51.1 Å². The number of hydrogen-bond donors (Lipinski definition) is 0. The van der Waals surface area contributed by atoms with Crippen molar-refractivity contribution in [2.24, 2.45) is 0 Å². The van der Waals surface area contributed by atoms with Crippen molar-refractivity contribution in [1.29, 1.82) is 5.26 Å². The fourth-order valence-corrected chi connectivity index (χ4v) is 11.7. The molecule has 0 atom stereocenters. The maximum Gasteiger partial charge on any atom is 0.197 e. The third kappa shape index (κ3) is 8.28. The Morgan fingerprint density at radius 3 is 1.16 bits per heavy atom. The molecule has 2 heterocycles. The Bertz CT molecular complexity index is 4740. The van der Waals surface area contributed by atoms with E-state index in [0.29, 0.717) is 28.3 Å². The Morgan fingerprint density at radius 1 is 0.338 bits per heavy atom. The number of nitrogens with zero attached hydrogens (tertiary/aromatic N) is 7. The third-order valence-corrected chi connectivity index (χ3v) is 15.2. The minimum Gasteiger partial charge on any atom is -0.310 e. The number of aromatic nitrogens is 2. The first-order chi connectivity index (χ1) is 39.2. The van der Waals surface area contributed by atoms with E-state index in [0.717, 1.165) is 133 Å². The Balaban J connectivity index is 1.12. The van der Waals surface area contributed by atoms with Crippen LogP contribution >= 0.6 is 0 Å². The van der Waals surface area contributed by atoms with Gasteiger partial charge in [0.05, 0.1) is 65.7 Å². The maximum atomic E-state index is 9.91. The van der Waals surface area contributed by atoms with E-state index < -0.39 is 0 Å². The van der Waals surface area contributed by atoms with Gasteiger partial charge in [0.2, 0.25) is 0 Å². The third-order valence-electron chi connectivity index (χ3n) is 15.2. The summed E-state index contributed by atoms with van der Waals surface area (Å²) < 4.78 is 4.61. The van der Waals surface area contributed by atoms with Gasteiger partial charge in [0, 0.05) is 32.8 Å². The van der Waals surface area contributed by atoms with Crippen molar-refractivity contribution in [3.8, 4) is 84.2 Å². The van der Waals surface area contributed by atoms with Crippen molar-refractivity contribution in [2.75, 3.05) is 0 Å². The van der Waals surface area contributed by atoms with Crippen molar-refractivity contribution < 1.29 is 0 Å². The van der Waals surface area contributed by atoms with Crippen LogP contribution in [-0.4, -0.2) is 9.13 Å². The van der Waals surface area contributed by atoms with Crippen LogP contribution in [0.2, 0.25) is 0 Å². The average molecular weight is 1020 g/mol. The van der Waals surface area contributed by atoms with Gasteiger partial charge < -0.3 is 9.13 Å². The number of hydrogen-bond acceptors (Lipinski definition) is 1. The molecule has 0 unspecified atom stereocenters. The molecular weight excluding hydrogens is 975 g/mol. The van der Waals surface area contributed by atoms with E-state index in [9.17, 15) is 5.26 Å². The first kappa shape index (κ1) is 48.1. The lowest BCUT2D eigenvalue weighted by Crippen LogP contribution is -2.02. The van der Waals surface area contributed by atoms with E-state index in [2.05, 4.69) is 164 Å². The molecule has 11 aromatic carbocycles. The first-order valence-corrected chi connectivity index (χ1v) is 26.1. The summed E-state index contributed by atoms with van der Waals surface area (Å²) in [4.78, 5) is 15.6. The summed E-state index contributed by atoms with van der Waals surface area (Å²) in [7, 11) is 0. The fourth-order valence-electron chi connectivity index (χ4n) is 11.7. The van der Waals surface area contributed by atoms with Gasteiger partial charge in [0.15, 0.2) is 22.7 Å². The van der Waals surface area contributed by atoms with Crippen LogP contribution in [-0.2, 0) is 0 Å². The van der Waals surface area contributed by atoms with Gasteiger partial charge in [0.1, 0.15) is 0 Å². The molecule has 2 aromatic heterocycles. The van der Waals surface area contributed by atoms with Gasteiger partial charge in [-0.1, -0.05) is 139 Å². The molecular formula is C73H43N7. The van der Waals surface area contributed by atoms with E-state index in [1.807, 2.05) is 109 Å². The van der Waals surface area contributed by atoms with Crippen LogP contribution in [0.4, 0.5) is 22.7 Å². The second-order valence-electron chi connectivity index (χ2n) is 20.2. The van der Waals surface area contributed by atoms with Gasteiger partial charge in [-0.25, -0.2) is 19.4 Å². The number of nitriles is 1. The van der Waals surface area contributed by atoms with Crippen LogP contribution in [0.1, 0.15) is 16.7 Å². The monoisotopic (exact) mass is 1020 g/mol. The zero-order valence-corrected chi connectivity index (χ0v) is 43.5. The Labute approximate surface area is 463 Å². The van der Waals surface area contributed by atoms with Gasteiger partial charge >= 0.3 is 0 Å². The molecule has 0 saturated heterocycles. The summed E-state index contributed by atoms with van der Waals surface area (Å²) >= 11 is 0. The van der Waals surface area contributed by atoms with E-state index in [-0.39, 0.29) is 0 Å². The lowest BCUT2D eigenvalue weighted by molar-refractivity contribution is 1.16. The standard InChI is InChI=1S/C73H43N7/c1-45-32-46(2)34-57(33-45)56-26-31-71(79-67-27-23-53(49-14-8-17-58(36-49)75-3)40-61(67)62-41-54(24-28-68(62)79)50-15-9-18-59(37-50)76-4)65(43-56)73-66(78-6)20-11-21-72(73)80-69-29-22-52(48-13-7-12-47(35-48)44-74)39-63(69)64-42-55(25-30-70(64)80)51-16-10-19-60(38-51)77-5/h7-43H,1-2H3. The molecule has 0 aliphatic rings. The molecule has 0 amide bonds. The molecule has 13 aromatic rings. The smallest absolute Gasteiger partial charge is 0.197 e. The minimum absolute atomic E-state index is 0.485. The zero-order chi connectivity index (χ0) is 54.6. The summed E-state index contributed by atoms with van der Waals surface area (Å²) in [5.41, 5.74) is 21.8. The van der Waals surface area contributed by atoms with Crippen molar-refractivity contribution in [1.82, 2.24) is 9.13 Å². The molecule has 0 aliphatic heterocycles. The molecule has 0 saturated carbocycles. The number of fused-ring (bicyclic) bond motifs is 6. The highest BCUT2D eigenvalue weighted by atomic mass is 15.0.